The van der Waals surface area contributed by atoms with Gasteiger partial charge in [0, 0.05) is 6.04 Å². The standard InChI is InChI=1S/C14H27N/c1-15-13-8-7-11-14(12-13)9-5-3-2-4-6-10-14/h13,15H,2-12H2,1H3. The monoisotopic (exact) mass is 209 g/mol. The summed E-state index contributed by atoms with van der Waals surface area (Å²) in [5.74, 6) is 0. The summed E-state index contributed by atoms with van der Waals surface area (Å²) in [4.78, 5) is 0. The lowest BCUT2D eigenvalue weighted by atomic mass is 9.65. The molecule has 1 unspecified atom stereocenters. The van der Waals surface area contributed by atoms with Gasteiger partial charge in [0.05, 0.1) is 0 Å². The van der Waals surface area contributed by atoms with Crippen molar-refractivity contribution < 1.29 is 0 Å². The topological polar surface area (TPSA) is 12.0 Å². The van der Waals surface area contributed by atoms with Crippen LogP contribution in [0.15, 0.2) is 0 Å². The zero-order valence-corrected chi connectivity index (χ0v) is 10.4. The van der Waals surface area contributed by atoms with Crippen molar-refractivity contribution in [1.29, 1.82) is 0 Å². The molecule has 1 heteroatoms. The van der Waals surface area contributed by atoms with Crippen molar-refractivity contribution in [2.75, 3.05) is 7.05 Å². The van der Waals surface area contributed by atoms with Crippen LogP contribution in [0.25, 0.3) is 0 Å². The fourth-order valence-corrected chi connectivity index (χ4v) is 3.81. The van der Waals surface area contributed by atoms with Crippen LogP contribution in [0.2, 0.25) is 0 Å². The van der Waals surface area contributed by atoms with Crippen LogP contribution < -0.4 is 5.32 Å². The zero-order chi connectivity index (χ0) is 10.6. The smallest absolute Gasteiger partial charge is 0.00693 e. The molecule has 0 bridgehead atoms. The fourth-order valence-electron chi connectivity index (χ4n) is 3.81. The van der Waals surface area contributed by atoms with Gasteiger partial charge in [0.25, 0.3) is 0 Å². The van der Waals surface area contributed by atoms with Crippen LogP contribution in [0.1, 0.15) is 70.6 Å². The van der Waals surface area contributed by atoms with Crippen LogP contribution in [-0.2, 0) is 0 Å². The van der Waals surface area contributed by atoms with E-state index in [0.717, 1.165) is 11.5 Å². The van der Waals surface area contributed by atoms with Crippen molar-refractivity contribution in [3.63, 3.8) is 0 Å². The molecule has 0 aromatic heterocycles. The van der Waals surface area contributed by atoms with Crippen molar-refractivity contribution in [3.8, 4) is 0 Å². The van der Waals surface area contributed by atoms with E-state index in [2.05, 4.69) is 12.4 Å². The third kappa shape index (κ3) is 2.96. The molecule has 2 saturated carbocycles. The van der Waals surface area contributed by atoms with Gasteiger partial charge in [-0.15, -0.1) is 0 Å². The van der Waals surface area contributed by atoms with Gasteiger partial charge in [0.2, 0.25) is 0 Å². The SMILES string of the molecule is CNC1CCCC2(CCCCCCC2)C1. The maximum atomic E-state index is 3.51. The van der Waals surface area contributed by atoms with Gasteiger partial charge in [-0.25, -0.2) is 0 Å². The van der Waals surface area contributed by atoms with E-state index in [1.54, 1.807) is 0 Å². The maximum Gasteiger partial charge on any atom is 0.00693 e. The molecule has 2 aliphatic carbocycles. The second-order valence-corrected chi connectivity index (χ2v) is 5.85. The molecule has 0 heterocycles. The fraction of sp³-hybridized carbons (Fsp3) is 1.00. The van der Waals surface area contributed by atoms with Gasteiger partial charge in [0.15, 0.2) is 0 Å². The highest BCUT2D eigenvalue weighted by Crippen LogP contribution is 2.45. The summed E-state index contributed by atoms with van der Waals surface area (Å²) in [6, 6.07) is 0.818. The Morgan fingerprint density at radius 1 is 0.867 bits per heavy atom. The minimum atomic E-state index is 0.742. The van der Waals surface area contributed by atoms with Crippen LogP contribution in [0.3, 0.4) is 0 Å². The molecule has 1 spiro atoms. The Balaban J connectivity index is 1.95. The largest absolute Gasteiger partial charge is 0.317 e. The van der Waals surface area contributed by atoms with E-state index in [4.69, 9.17) is 0 Å². The number of hydrogen-bond acceptors (Lipinski definition) is 1. The van der Waals surface area contributed by atoms with Crippen molar-refractivity contribution in [3.05, 3.63) is 0 Å². The minimum Gasteiger partial charge on any atom is -0.317 e. The third-order valence-corrected chi connectivity index (χ3v) is 4.76. The molecule has 15 heavy (non-hydrogen) atoms. The van der Waals surface area contributed by atoms with Gasteiger partial charge in [0.1, 0.15) is 0 Å². The van der Waals surface area contributed by atoms with Crippen molar-refractivity contribution in [1.82, 2.24) is 5.32 Å². The molecule has 2 fully saturated rings. The molecule has 1 atom stereocenters. The number of hydrogen-bond donors (Lipinski definition) is 1. The highest BCUT2D eigenvalue weighted by atomic mass is 14.9. The maximum absolute atomic E-state index is 3.51. The molecular weight excluding hydrogens is 182 g/mol. The minimum absolute atomic E-state index is 0.742. The molecule has 0 radical (unpaired) electrons. The summed E-state index contributed by atoms with van der Waals surface area (Å²) in [5.41, 5.74) is 0.742. The van der Waals surface area contributed by atoms with Crippen LogP contribution in [0.5, 0.6) is 0 Å². The first-order valence-electron chi connectivity index (χ1n) is 7.02. The van der Waals surface area contributed by atoms with E-state index in [-0.39, 0.29) is 0 Å². The Morgan fingerprint density at radius 2 is 1.47 bits per heavy atom. The molecule has 1 N–H and O–H groups in total. The molecule has 88 valence electrons. The molecule has 0 saturated heterocycles. The molecule has 2 aliphatic rings. The van der Waals surface area contributed by atoms with Gasteiger partial charge >= 0.3 is 0 Å². The molecule has 1 nitrogen and oxygen atoms in total. The Morgan fingerprint density at radius 3 is 2.13 bits per heavy atom. The molecule has 2 rings (SSSR count). The van der Waals surface area contributed by atoms with E-state index in [9.17, 15) is 0 Å². The Hall–Kier alpha value is -0.0400. The number of nitrogens with one attached hydrogen (secondary N) is 1. The summed E-state index contributed by atoms with van der Waals surface area (Å²) < 4.78 is 0. The zero-order valence-electron chi connectivity index (χ0n) is 10.4. The van der Waals surface area contributed by atoms with Crippen molar-refractivity contribution in [2.45, 2.75) is 76.7 Å². The normalized spacial score (nSPS) is 32.2. The first-order valence-corrected chi connectivity index (χ1v) is 7.02. The Kier molecular flexibility index (Phi) is 4.07. The molecule has 0 aromatic carbocycles. The second kappa shape index (κ2) is 5.34. The average molecular weight is 209 g/mol. The quantitative estimate of drug-likeness (QED) is 0.691. The van der Waals surface area contributed by atoms with E-state index in [0.29, 0.717) is 0 Å². The van der Waals surface area contributed by atoms with E-state index < -0.39 is 0 Å². The lowest BCUT2D eigenvalue weighted by Gasteiger charge is -2.42. The van der Waals surface area contributed by atoms with Gasteiger partial charge in [-0.3, -0.25) is 0 Å². The van der Waals surface area contributed by atoms with Gasteiger partial charge in [-0.1, -0.05) is 38.5 Å². The molecule has 0 amide bonds. The number of rotatable bonds is 1. The first kappa shape index (κ1) is 11.4. The van der Waals surface area contributed by atoms with Gasteiger partial charge in [-0.05, 0) is 44.6 Å². The van der Waals surface area contributed by atoms with Crippen LogP contribution in [-0.4, -0.2) is 13.1 Å². The van der Waals surface area contributed by atoms with Crippen LogP contribution in [0.4, 0.5) is 0 Å². The Labute approximate surface area is 95.0 Å². The lowest BCUT2D eigenvalue weighted by Crippen LogP contribution is -2.38. The third-order valence-electron chi connectivity index (χ3n) is 4.76. The van der Waals surface area contributed by atoms with Crippen molar-refractivity contribution in [2.24, 2.45) is 5.41 Å². The van der Waals surface area contributed by atoms with E-state index in [1.807, 2.05) is 0 Å². The van der Waals surface area contributed by atoms with Gasteiger partial charge in [-0.2, -0.15) is 0 Å². The lowest BCUT2D eigenvalue weighted by molar-refractivity contribution is 0.117. The summed E-state index contributed by atoms with van der Waals surface area (Å²) in [5, 5.41) is 3.51. The van der Waals surface area contributed by atoms with E-state index >= 15 is 0 Å². The highest BCUT2D eigenvalue weighted by Gasteiger charge is 2.35. The van der Waals surface area contributed by atoms with E-state index in [1.165, 1.54) is 70.6 Å². The van der Waals surface area contributed by atoms with Crippen LogP contribution in [0, 0.1) is 5.41 Å². The Bertz CT molecular complexity index is 180. The first-order chi connectivity index (χ1) is 7.35. The molecule has 0 aromatic rings. The second-order valence-electron chi connectivity index (χ2n) is 5.85. The summed E-state index contributed by atoms with van der Waals surface area (Å²) in [6.07, 6.45) is 16.4. The van der Waals surface area contributed by atoms with Crippen molar-refractivity contribution >= 4 is 0 Å². The predicted octanol–water partition coefficient (Wildman–Crippen LogP) is 3.88. The summed E-state index contributed by atoms with van der Waals surface area (Å²) in [7, 11) is 2.15. The molecular formula is C14H27N. The van der Waals surface area contributed by atoms with Crippen LogP contribution >= 0.6 is 0 Å². The molecule has 0 aliphatic heterocycles. The summed E-state index contributed by atoms with van der Waals surface area (Å²) >= 11 is 0. The predicted molar refractivity (Wildman–Crippen MR) is 66.1 cm³/mol. The summed E-state index contributed by atoms with van der Waals surface area (Å²) in [6.45, 7) is 0. The van der Waals surface area contributed by atoms with Gasteiger partial charge < -0.3 is 5.32 Å². The highest BCUT2D eigenvalue weighted by molar-refractivity contribution is 4.89. The average Bonchev–Trinajstić information content (AvgIpc) is 2.25.